The Kier molecular flexibility index (Phi) is 1.69. The molecule has 0 aromatic heterocycles. The van der Waals surface area contributed by atoms with Gasteiger partial charge in [-0.1, -0.05) is 0 Å². The molecule has 70 valence electrons. The molecule has 0 radical (unpaired) electrons. The lowest BCUT2D eigenvalue weighted by Crippen LogP contribution is -2.51. The Morgan fingerprint density at radius 1 is 1.08 bits per heavy atom. The standard InChI is InChI=1S/C9H14F2N/c1-12-4-2-8(3-5-12)6-9(10,11)7-8/h1-7H2/q-1. The molecule has 0 amide bonds. The van der Waals surface area contributed by atoms with Crippen LogP contribution >= 0.6 is 0 Å². The molecule has 0 unspecified atom stereocenters. The summed E-state index contributed by atoms with van der Waals surface area (Å²) in [5, 5.41) is 0. The van der Waals surface area contributed by atoms with E-state index in [-0.39, 0.29) is 18.3 Å². The first kappa shape index (κ1) is 8.42. The van der Waals surface area contributed by atoms with Crippen molar-refractivity contribution in [2.24, 2.45) is 5.41 Å². The molecule has 2 aliphatic rings. The van der Waals surface area contributed by atoms with Gasteiger partial charge in [0.05, 0.1) is 0 Å². The van der Waals surface area contributed by atoms with Gasteiger partial charge in [-0.3, -0.25) is 7.05 Å². The molecule has 0 bridgehead atoms. The predicted molar refractivity (Wildman–Crippen MR) is 42.8 cm³/mol. The van der Waals surface area contributed by atoms with Crippen LogP contribution < -0.4 is 0 Å². The lowest BCUT2D eigenvalue weighted by molar-refractivity contribution is -0.175. The van der Waals surface area contributed by atoms with Gasteiger partial charge in [0.25, 0.3) is 0 Å². The monoisotopic (exact) mass is 174 g/mol. The maximum absolute atomic E-state index is 12.6. The summed E-state index contributed by atoms with van der Waals surface area (Å²) in [4.78, 5) is 1.97. The van der Waals surface area contributed by atoms with Gasteiger partial charge < -0.3 is 4.90 Å². The molecule has 2 fully saturated rings. The SMILES string of the molecule is [CH2-]N1CCC2(CC1)CC(F)(F)C2. The molecule has 0 atom stereocenters. The van der Waals surface area contributed by atoms with Crippen LogP contribution in [0.3, 0.4) is 0 Å². The zero-order valence-corrected chi connectivity index (χ0v) is 7.15. The van der Waals surface area contributed by atoms with Crippen LogP contribution in [0.25, 0.3) is 0 Å². The largest absolute Gasteiger partial charge is 0.459 e. The normalized spacial score (nSPS) is 33.2. The highest BCUT2D eigenvalue weighted by molar-refractivity contribution is 5.01. The Hall–Kier alpha value is -0.180. The maximum atomic E-state index is 12.6. The second kappa shape index (κ2) is 2.41. The summed E-state index contributed by atoms with van der Waals surface area (Å²) >= 11 is 0. The van der Waals surface area contributed by atoms with Crippen LogP contribution in [-0.4, -0.2) is 23.9 Å². The Labute approximate surface area is 71.7 Å². The minimum atomic E-state index is -2.36. The minimum absolute atomic E-state index is 0.0162. The van der Waals surface area contributed by atoms with Crippen molar-refractivity contribution in [3.63, 3.8) is 0 Å². The number of piperidine rings is 1. The van der Waals surface area contributed by atoms with Gasteiger partial charge in [0, 0.05) is 12.8 Å². The van der Waals surface area contributed by atoms with Crippen LogP contribution in [0, 0.1) is 12.5 Å². The molecule has 1 aliphatic carbocycles. The summed E-state index contributed by atoms with van der Waals surface area (Å²) in [6.07, 6.45) is 2.06. The molecule has 1 nitrogen and oxygen atoms in total. The van der Waals surface area contributed by atoms with E-state index in [1.54, 1.807) is 0 Å². The van der Waals surface area contributed by atoms with Crippen LogP contribution in [0.5, 0.6) is 0 Å². The zero-order valence-electron chi connectivity index (χ0n) is 7.15. The molecule has 2 rings (SSSR count). The highest BCUT2D eigenvalue weighted by Crippen LogP contribution is 2.57. The van der Waals surface area contributed by atoms with Crippen molar-refractivity contribution < 1.29 is 8.78 Å². The van der Waals surface area contributed by atoms with Crippen molar-refractivity contribution >= 4 is 0 Å². The van der Waals surface area contributed by atoms with E-state index in [9.17, 15) is 8.78 Å². The van der Waals surface area contributed by atoms with Crippen molar-refractivity contribution in [1.82, 2.24) is 4.90 Å². The number of hydrogen-bond acceptors (Lipinski definition) is 1. The van der Waals surface area contributed by atoms with Gasteiger partial charge in [-0.15, -0.1) is 0 Å². The van der Waals surface area contributed by atoms with Crippen molar-refractivity contribution in [3.8, 4) is 0 Å². The molecular weight excluding hydrogens is 160 g/mol. The third-order valence-corrected chi connectivity index (χ3v) is 3.18. The molecule has 1 spiro atoms. The fraction of sp³-hybridized carbons (Fsp3) is 0.889. The van der Waals surface area contributed by atoms with E-state index >= 15 is 0 Å². The highest BCUT2D eigenvalue weighted by atomic mass is 19.3. The van der Waals surface area contributed by atoms with E-state index in [1.165, 1.54) is 0 Å². The quantitative estimate of drug-likeness (QED) is 0.509. The lowest BCUT2D eigenvalue weighted by Gasteiger charge is -2.53. The van der Waals surface area contributed by atoms with E-state index in [4.69, 9.17) is 0 Å². The molecule has 0 aromatic carbocycles. The van der Waals surface area contributed by atoms with Gasteiger partial charge in [0.1, 0.15) is 0 Å². The Morgan fingerprint density at radius 3 is 2.00 bits per heavy atom. The second-order valence-electron chi connectivity index (χ2n) is 4.33. The summed E-state index contributed by atoms with van der Waals surface area (Å²) in [5.74, 6) is -2.36. The first-order chi connectivity index (χ1) is 5.52. The Morgan fingerprint density at radius 2 is 1.58 bits per heavy atom. The smallest absolute Gasteiger partial charge is 0.249 e. The topological polar surface area (TPSA) is 3.24 Å². The fourth-order valence-electron chi connectivity index (χ4n) is 2.43. The maximum Gasteiger partial charge on any atom is 0.249 e. The fourth-order valence-corrected chi connectivity index (χ4v) is 2.43. The predicted octanol–water partition coefficient (Wildman–Crippen LogP) is 2.29. The Balaban J connectivity index is 1.91. The van der Waals surface area contributed by atoms with E-state index in [0.29, 0.717) is 0 Å². The number of likely N-dealkylation sites (tertiary alicyclic amines) is 1. The zero-order chi connectivity index (χ0) is 8.82. The summed E-state index contributed by atoms with van der Waals surface area (Å²) in [6.45, 7) is 1.77. The van der Waals surface area contributed by atoms with Gasteiger partial charge >= 0.3 is 0 Å². The Bertz CT molecular complexity index is 173. The van der Waals surface area contributed by atoms with Crippen LogP contribution in [0.4, 0.5) is 8.78 Å². The minimum Gasteiger partial charge on any atom is -0.459 e. The molecule has 0 aromatic rings. The van der Waals surface area contributed by atoms with Crippen LogP contribution in [0.15, 0.2) is 0 Å². The van der Waals surface area contributed by atoms with Gasteiger partial charge in [0.15, 0.2) is 0 Å². The van der Waals surface area contributed by atoms with Crippen LogP contribution in [-0.2, 0) is 0 Å². The van der Waals surface area contributed by atoms with Gasteiger partial charge in [0.2, 0.25) is 5.92 Å². The van der Waals surface area contributed by atoms with Gasteiger partial charge in [-0.25, -0.2) is 8.78 Å². The molecule has 3 heteroatoms. The van der Waals surface area contributed by atoms with E-state index in [2.05, 4.69) is 7.05 Å². The van der Waals surface area contributed by atoms with Crippen molar-refractivity contribution in [3.05, 3.63) is 7.05 Å². The average molecular weight is 174 g/mol. The number of hydrogen-bond donors (Lipinski definition) is 0. The van der Waals surface area contributed by atoms with Crippen molar-refractivity contribution in [1.29, 1.82) is 0 Å². The summed E-state index contributed by atoms with van der Waals surface area (Å²) < 4.78 is 25.3. The van der Waals surface area contributed by atoms with E-state index in [0.717, 1.165) is 25.9 Å². The average Bonchev–Trinajstić information content (AvgIpc) is 1.91. The molecular formula is C9H14F2N-. The third kappa shape index (κ3) is 1.35. The van der Waals surface area contributed by atoms with Crippen molar-refractivity contribution in [2.45, 2.75) is 31.6 Å². The third-order valence-electron chi connectivity index (χ3n) is 3.18. The summed E-state index contributed by atoms with van der Waals surface area (Å²) in [5.41, 5.74) is -0.0162. The first-order valence-electron chi connectivity index (χ1n) is 4.45. The number of rotatable bonds is 0. The summed E-state index contributed by atoms with van der Waals surface area (Å²) in [7, 11) is 3.80. The lowest BCUT2D eigenvalue weighted by atomic mass is 9.61. The number of alkyl halides is 2. The second-order valence-corrected chi connectivity index (χ2v) is 4.33. The highest BCUT2D eigenvalue weighted by Gasteiger charge is 2.55. The first-order valence-corrected chi connectivity index (χ1v) is 4.45. The summed E-state index contributed by atoms with van der Waals surface area (Å²) in [6, 6.07) is 0. The van der Waals surface area contributed by atoms with Crippen molar-refractivity contribution in [2.75, 3.05) is 13.1 Å². The van der Waals surface area contributed by atoms with E-state index in [1.807, 2.05) is 4.90 Å². The molecule has 1 saturated heterocycles. The van der Waals surface area contributed by atoms with Gasteiger partial charge in [-0.05, 0) is 31.3 Å². The molecule has 0 N–H and O–H groups in total. The molecule has 1 heterocycles. The molecule has 1 aliphatic heterocycles. The molecule has 12 heavy (non-hydrogen) atoms. The molecule has 1 saturated carbocycles. The van der Waals surface area contributed by atoms with Crippen LogP contribution in [0.2, 0.25) is 0 Å². The van der Waals surface area contributed by atoms with E-state index < -0.39 is 5.92 Å². The van der Waals surface area contributed by atoms with Gasteiger partial charge in [-0.2, -0.15) is 0 Å². The van der Waals surface area contributed by atoms with Crippen LogP contribution in [0.1, 0.15) is 25.7 Å². The number of nitrogens with zero attached hydrogens (tertiary/aromatic N) is 1. The number of halogens is 2.